The molecule has 0 aliphatic heterocycles. The Labute approximate surface area is 148 Å². The van der Waals surface area contributed by atoms with Crippen molar-refractivity contribution in [3.05, 3.63) is 35.9 Å². The standard InChI is InChI=1S/C18H27N3O4/c1-11(2)15(19-4)17(23)21-14(10-13-8-6-5-7-9-13)16(22)20-12(3)18(24)25/h5-9,11-12,14-15,19H,10H2,1-4H3,(H,20,22)(H,21,23)(H,24,25). The summed E-state index contributed by atoms with van der Waals surface area (Å²) in [5, 5.41) is 17.1. The number of hydrogen-bond acceptors (Lipinski definition) is 4. The first-order valence-electron chi connectivity index (χ1n) is 8.31. The van der Waals surface area contributed by atoms with Gasteiger partial charge in [0.25, 0.3) is 0 Å². The summed E-state index contributed by atoms with van der Waals surface area (Å²) < 4.78 is 0. The van der Waals surface area contributed by atoms with Crippen LogP contribution in [0.3, 0.4) is 0 Å². The fourth-order valence-electron chi connectivity index (χ4n) is 2.46. The Morgan fingerprint density at radius 3 is 2.08 bits per heavy atom. The quantitative estimate of drug-likeness (QED) is 0.521. The largest absolute Gasteiger partial charge is 0.480 e. The van der Waals surface area contributed by atoms with Crippen molar-refractivity contribution in [2.24, 2.45) is 5.92 Å². The van der Waals surface area contributed by atoms with E-state index in [2.05, 4.69) is 16.0 Å². The number of hydrogen-bond donors (Lipinski definition) is 4. The number of rotatable bonds is 9. The molecule has 138 valence electrons. The number of likely N-dealkylation sites (N-methyl/N-ethyl adjacent to an activating group) is 1. The van der Waals surface area contributed by atoms with Gasteiger partial charge in [0.05, 0.1) is 6.04 Å². The van der Waals surface area contributed by atoms with Crippen LogP contribution in [-0.2, 0) is 20.8 Å². The molecule has 0 aromatic heterocycles. The lowest BCUT2D eigenvalue weighted by Crippen LogP contribution is -2.56. The van der Waals surface area contributed by atoms with Crippen LogP contribution >= 0.6 is 0 Å². The summed E-state index contributed by atoms with van der Waals surface area (Å²) in [6.07, 6.45) is 0.277. The molecule has 7 heteroatoms. The first-order valence-corrected chi connectivity index (χ1v) is 8.31. The molecule has 1 rings (SSSR count). The second-order valence-corrected chi connectivity index (χ2v) is 6.33. The van der Waals surface area contributed by atoms with Crippen LogP contribution in [0.1, 0.15) is 26.3 Å². The molecule has 0 spiro atoms. The van der Waals surface area contributed by atoms with Gasteiger partial charge in [0.1, 0.15) is 12.1 Å². The van der Waals surface area contributed by atoms with Crippen LogP contribution in [0, 0.1) is 5.92 Å². The Bertz CT molecular complexity index is 589. The highest BCUT2D eigenvalue weighted by molar-refractivity contribution is 5.92. The summed E-state index contributed by atoms with van der Waals surface area (Å²) in [5.41, 5.74) is 0.872. The summed E-state index contributed by atoms with van der Waals surface area (Å²) in [6, 6.07) is 6.92. The molecule has 3 atom stereocenters. The Balaban J connectivity index is 2.92. The molecular formula is C18H27N3O4. The number of aliphatic carboxylic acids is 1. The maximum Gasteiger partial charge on any atom is 0.325 e. The zero-order valence-corrected chi connectivity index (χ0v) is 15.1. The minimum Gasteiger partial charge on any atom is -0.480 e. The van der Waals surface area contributed by atoms with E-state index in [1.54, 1.807) is 7.05 Å². The molecule has 0 radical (unpaired) electrons. The summed E-state index contributed by atoms with van der Waals surface area (Å²) in [5.74, 6) is -1.90. The average molecular weight is 349 g/mol. The minimum atomic E-state index is -1.13. The Kier molecular flexibility index (Phi) is 8.07. The highest BCUT2D eigenvalue weighted by Gasteiger charge is 2.28. The molecule has 0 bridgehead atoms. The van der Waals surface area contributed by atoms with E-state index in [9.17, 15) is 14.4 Å². The van der Waals surface area contributed by atoms with E-state index in [0.29, 0.717) is 0 Å². The molecule has 0 heterocycles. The lowest BCUT2D eigenvalue weighted by molar-refractivity contribution is -0.141. The van der Waals surface area contributed by atoms with E-state index in [1.165, 1.54) is 6.92 Å². The SMILES string of the molecule is CNC(C(=O)NC(Cc1ccccc1)C(=O)NC(C)C(=O)O)C(C)C. The Morgan fingerprint density at radius 1 is 1.00 bits per heavy atom. The minimum absolute atomic E-state index is 0.0448. The number of carboxylic acid groups (broad SMARTS) is 1. The number of nitrogens with one attached hydrogen (secondary N) is 3. The molecule has 0 saturated carbocycles. The molecule has 0 saturated heterocycles. The fourth-order valence-corrected chi connectivity index (χ4v) is 2.46. The predicted octanol–water partition coefficient (Wildman–Crippen LogP) is 0.547. The number of amides is 2. The van der Waals surface area contributed by atoms with Gasteiger partial charge in [0.15, 0.2) is 0 Å². The third-order valence-electron chi connectivity index (χ3n) is 3.90. The monoisotopic (exact) mass is 349 g/mol. The Hall–Kier alpha value is -2.41. The zero-order valence-electron chi connectivity index (χ0n) is 15.1. The van der Waals surface area contributed by atoms with Gasteiger partial charge in [-0.25, -0.2) is 0 Å². The van der Waals surface area contributed by atoms with Gasteiger partial charge in [0, 0.05) is 6.42 Å². The highest BCUT2D eigenvalue weighted by Crippen LogP contribution is 2.06. The molecule has 1 aromatic carbocycles. The third kappa shape index (κ3) is 6.54. The third-order valence-corrected chi connectivity index (χ3v) is 3.90. The molecule has 25 heavy (non-hydrogen) atoms. The molecule has 1 aromatic rings. The number of benzene rings is 1. The van der Waals surface area contributed by atoms with Crippen LogP contribution in [0.25, 0.3) is 0 Å². The van der Waals surface area contributed by atoms with Gasteiger partial charge < -0.3 is 21.1 Å². The molecule has 0 fully saturated rings. The van der Waals surface area contributed by atoms with Crippen molar-refractivity contribution in [2.75, 3.05) is 7.05 Å². The smallest absolute Gasteiger partial charge is 0.325 e. The number of carbonyl (C=O) groups excluding carboxylic acids is 2. The predicted molar refractivity (Wildman–Crippen MR) is 95.0 cm³/mol. The molecule has 3 unspecified atom stereocenters. The number of carbonyl (C=O) groups is 3. The van der Waals surface area contributed by atoms with Gasteiger partial charge in [0.2, 0.25) is 11.8 Å². The molecule has 4 N–H and O–H groups in total. The van der Waals surface area contributed by atoms with Gasteiger partial charge in [-0.2, -0.15) is 0 Å². The van der Waals surface area contributed by atoms with Crippen molar-refractivity contribution >= 4 is 17.8 Å². The normalized spacial score (nSPS) is 14.4. The van der Waals surface area contributed by atoms with E-state index in [1.807, 2.05) is 44.2 Å². The van der Waals surface area contributed by atoms with E-state index < -0.39 is 30.0 Å². The summed E-state index contributed by atoms with van der Waals surface area (Å²) in [4.78, 5) is 35.9. The lowest BCUT2D eigenvalue weighted by Gasteiger charge is -2.25. The molecule has 7 nitrogen and oxygen atoms in total. The summed E-state index contributed by atoms with van der Waals surface area (Å²) in [6.45, 7) is 5.19. The van der Waals surface area contributed by atoms with E-state index in [-0.39, 0.29) is 18.2 Å². The number of carboxylic acids is 1. The summed E-state index contributed by atoms with van der Waals surface area (Å²) in [7, 11) is 1.68. The Morgan fingerprint density at radius 2 is 1.60 bits per heavy atom. The van der Waals surface area contributed by atoms with E-state index in [0.717, 1.165) is 5.56 Å². The van der Waals surface area contributed by atoms with Gasteiger partial charge in [-0.1, -0.05) is 44.2 Å². The molecule has 0 aliphatic rings. The van der Waals surface area contributed by atoms with Crippen molar-refractivity contribution < 1.29 is 19.5 Å². The van der Waals surface area contributed by atoms with Crippen LogP contribution in [0.2, 0.25) is 0 Å². The lowest BCUT2D eigenvalue weighted by atomic mass is 10.0. The van der Waals surface area contributed by atoms with E-state index in [4.69, 9.17) is 5.11 Å². The average Bonchev–Trinajstić information content (AvgIpc) is 2.55. The maximum atomic E-state index is 12.5. The maximum absolute atomic E-state index is 12.5. The van der Waals surface area contributed by atoms with E-state index >= 15 is 0 Å². The van der Waals surface area contributed by atoms with Crippen LogP contribution in [0.15, 0.2) is 30.3 Å². The highest BCUT2D eigenvalue weighted by atomic mass is 16.4. The van der Waals surface area contributed by atoms with Crippen molar-refractivity contribution in [3.8, 4) is 0 Å². The second kappa shape index (κ2) is 9.78. The second-order valence-electron chi connectivity index (χ2n) is 6.33. The summed E-state index contributed by atoms with van der Waals surface area (Å²) >= 11 is 0. The van der Waals surface area contributed by atoms with Crippen LogP contribution in [-0.4, -0.2) is 48.1 Å². The first-order chi connectivity index (χ1) is 11.8. The molecule has 0 aliphatic carbocycles. The van der Waals surface area contributed by atoms with Crippen LogP contribution in [0.4, 0.5) is 0 Å². The first kappa shape index (κ1) is 20.6. The van der Waals surface area contributed by atoms with Gasteiger partial charge in [-0.15, -0.1) is 0 Å². The molecule has 2 amide bonds. The van der Waals surface area contributed by atoms with Crippen LogP contribution < -0.4 is 16.0 Å². The van der Waals surface area contributed by atoms with Gasteiger partial charge >= 0.3 is 5.97 Å². The molecular weight excluding hydrogens is 322 g/mol. The van der Waals surface area contributed by atoms with Gasteiger partial charge in [-0.3, -0.25) is 14.4 Å². The van der Waals surface area contributed by atoms with Crippen molar-refractivity contribution in [2.45, 2.75) is 45.3 Å². The van der Waals surface area contributed by atoms with Crippen molar-refractivity contribution in [3.63, 3.8) is 0 Å². The zero-order chi connectivity index (χ0) is 19.0. The van der Waals surface area contributed by atoms with Gasteiger partial charge in [-0.05, 0) is 25.5 Å². The topological polar surface area (TPSA) is 108 Å². The van der Waals surface area contributed by atoms with Crippen LogP contribution in [0.5, 0.6) is 0 Å². The van der Waals surface area contributed by atoms with Crippen molar-refractivity contribution in [1.82, 2.24) is 16.0 Å². The fraction of sp³-hybridized carbons (Fsp3) is 0.500. The van der Waals surface area contributed by atoms with Crippen molar-refractivity contribution in [1.29, 1.82) is 0 Å².